The average Bonchev–Trinajstić information content (AvgIpc) is 3.77. The van der Waals surface area contributed by atoms with E-state index in [9.17, 15) is 28.8 Å². The van der Waals surface area contributed by atoms with E-state index in [4.69, 9.17) is 28.4 Å². The van der Waals surface area contributed by atoms with Crippen LogP contribution in [-0.2, 0) is 29.9 Å². The Hall–Kier alpha value is -8.78. The van der Waals surface area contributed by atoms with E-state index in [1.807, 2.05) is 79.7 Å². The van der Waals surface area contributed by atoms with E-state index in [0.717, 1.165) is 37.6 Å². The van der Waals surface area contributed by atoms with Crippen molar-refractivity contribution in [3.8, 4) is 34.5 Å². The summed E-state index contributed by atoms with van der Waals surface area (Å²) in [5.41, 5.74) is 5.54. The van der Waals surface area contributed by atoms with Crippen LogP contribution in [0.5, 0.6) is 34.5 Å². The predicted molar refractivity (Wildman–Crippen MR) is 287 cm³/mol. The molecule has 0 aromatic heterocycles. The Kier molecular flexibility index (Phi) is 15.5. The van der Waals surface area contributed by atoms with Gasteiger partial charge in [-0.05, 0) is 127 Å². The number of hydrogen-bond acceptors (Lipinski definition) is 12. The molecule has 14 heteroatoms. The van der Waals surface area contributed by atoms with Gasteiger partial charge in [0.1, 0.15) is 34.5 Å². The van der Waals surface area contributed by atoms with Crippen molar-refractivity contribution in [1.82, 2.24) is 4.90 Å². The SMILES string of the molecule is C=C(C)C(=O)OCCCOc1ccc(C(C)(C)c2ccc(OCCCOC(=O)C(=C)C)c(N3C(=O)c4ccc(Oc5ccc(C(C)(C)c6ccc(Oc7ccc8c(c7)C(=O)N(C)C8=O)cc6)cc5)cc4C3=O)c2)cc1C. The van der Waals surface area contributed by atoms with E-state index in [1.54, 1.807) is 62.4 Å². The Bertz CT molecular complexity index is 3320. The van der Waals surface area contributed by atoms with Crippen LogP contribution < -0.4 is 23.8 Å². The summed E-state index contributed by atoms with van der Waals surface area (Å²) in [7, 11) is 1.46. The number of rotatable bonds is 21. The summed E-state index contributed by atoms with van der Waals surface area (Å²) in [6.45, 7) is 21.4. The summed E-state index contributed by atoms with van der Waals surface area (Å²) in [6, 6.07) is 36.4. The molecule has 0 N–H and O–H groups in total. The van der Waals surface area contributed by atoms with Gasteiger partial charge in [0.2, 0.25) is 0 Å². The number of fused-ring (bicyclic) bond motifs is 2. The van der Waals surface area contributed by atoms with E-state index in [1.165, 1.54) is 7.05 Å². The van der Waals surface area contributed by atoms with Gasteiger partial charge in [0.05, 0.1) is 54.4 Å². The summed E-state index contributed by atoms with van der Waals surface area (Å²) in [5.74, 6) is 0.171. The van der Waals surface area contributed by atoms with E-state index < -0.39 is 34.6 Å². The van der Waals surface area contributed by atoms with Crippen molar-refractivity contribution in [3.05, 3.63) is 196 Å². The molecule has 8 rings (SSSR count). The van der Waals surface area contributed by atoms with Crippen molar-refractivity contribution in [2.24, 2.45) is 0 Å². The molecule has 14 nitrogen and oxygen atoms in total. The van der Waals surface area contributed by atoms with Crippen LogP contribution in [0.25, 0.3) is 0 Å². The maximum absolute atomic E-state index is 14.5. The number of nitrogens with zero attached hydrogens (tertiary/aromatic N) is 2. The third-order valence-corrected chi connectivity index (χ3v) is 13.6. The molecule has 0 radical (unpaired) electrons. The highest BCUT2D eigenvalue weighted by atomic mass is 16.5. The number of carbonyl (C=O) groups excluding carboxylic acids is 6. The van der Waals surface area contributed by atoms with Crippen molar-refractivity contribution in [2.75, 3.05) is 38.4 Å². The molecule has 4 amide bonds. The van der Waals surface area contributed by atoms with Crippen molar-refractivity contribution in [1.29, 1.82) is 0 Å². The number of carbonyl (C=O) groups is 6. The second kappa shape index (κ2) is 22.0. The van der Waals surface area contributed by atoms with Gasteiger partial charge in [0.15, 0.2) is 0 Å². The molecule has 390 valence electrons. The van der Waals surface area contributed by atoms with Crippen LogP contribution in [0.15, 0.2) is 146 Å². The minimum atomic E-state index is -0.635. The molecule has 0 spiro atoms. The van der Waals surface area contributed by atoms with Crippen LogP contribution in [0.4, 0.5) is 5.69 Å². The summed E-state index contributed by atoms with van der Waals surface area (Å²) >= 11 is 0. The number of hydrogen-bond donors (Lipinski definition) is 0. The van der Waals surface area contributed by atoms with Gasteiger partial charge in [-0.2, -0.15) is 0 Å². The molecule has 0 bridgehead atoms. The van der Waals surface area contributed by atoms with Crippen molar-refractivity contribution >= 4 is 41.3 Å². The standard InChI is InChI=1S/C62H60N2O12/c1-37(2)59(69)73-31-11-29-71-53-27-17-42(33-39(53)5)62(8,9)43-18-28-54(72-30-12-32-74-60(70)38(3)4)52(34-43)64-57(67)49-26-24-47(36-51(49)58(64)68)76-45-21-15-41(16-22-45)61(6,7)40-13-19-44(20-14-40)75-46-23-25-48-50(35-46)56(66)63(10)55(48)65/h13-28,33-36H,1,3,11-12,29-32H2,2,4-10H3. The van der Waals surface area contributed by atoms with E-state index in [-0.39, 0.29) is 54.0 Å². The van der Waals surface area contributed by atoms with Gasteiger partial charge in [-0.1, -0.05) is 83.3 Å². The fraction of sp³-hybridized carbons (Fsp3) is 0.258. The number of ether oxygens (including phenoxy) is 6. The first-order chi connectivity index (χ1) is 36.1. The molecule has 0 fully saturated rings. The minimum absolute atomic E-state index is 0.0850. The Morgan fingerprint density at radius 1 is 0.474 bits per heavy atom. The second-order valence-electron chi connectivity index (χ2n) is 19.9. The Morgan fingerprint density at radius 3 is 1.37 bits per heavy atom. The molecule has 0 atom stereocenters. The zero-order chi connectivity index (χ0) is 54.6. The van der Waals surface area contributed by atoms with Crippen LogP contribution >= 0.6 is 0 Å². The van der Waals surface area contributed by atoms with Crippen molar-refractivity contribution < 1.29 is 57.2 Å². The number of benzene rings is 6. The van der Waals surface area contributed by atoms with Crippen LogP contribution in [-0.4, -0.2) is 73.9 Å². The lowest BCUT2D eigenvalue weighted by atomic mass is 9.77. The maximum atomic E-state index is 14.5. The lowest BCUT2D eigenvalue weighted by Crippen LogP contribution is -2.30. The van der Waals surface area contributed by atoms with E-state index >= 15 is 0 Å². The number of imide groups is 2. The minimum Gasteiger partial charge on any atom is -0.493 e. The first-order valence-corrected chi connectivity index (χ1v) is 24.9. The third-order valence-electron chi connectivity index (χ3n) is 13.6. The highest BCUT2D eigenvalue weighted by molar-refractivity contribution is 6.35. The van der Waals surface area contributed by atoms with Gasteiger partial charge in [-0.15, -0.1) is 0 Å². The Labute approximate surface area is 442 Å². The fourth-order valence-electron chi connectivity index (χ4n) is 8.85. The van der Waals surface area contributed by atoms with Gasteiger partial charge in [0, 0.05) is 41.9 Å². The largest absolute Gasteiger partial charge is 0.493 e. The molecule has 6 aromatic rings. The monoisotopic (exact) mass is 1020 g/mol. The molecule has 2 aliphatic heterocycles. The Morgan fingerprint density at radius 2 is 0.868 bits per heavy atom. The first kappa shape index (κ1) is 53.5. The first-order valence-electron chi connectivity index (χ1n) is 24.9. The predicted octanol–water partition coefficient (Wildman–Crippen LogP) is 12.0. The molecule has 0 unspecified atom stereocenters. The van der Waals surface area contributed by atoms with Crippen molar-refractivity contribution in [3.63, 3.8) is 0 Å². The maximum Gasteiger partial charge on any atom is 0.333 e. The highest BCUT2D eigenvalue weighted by Gasteiger charge is 2.40. The van der Waals surface area contributed by atoms with Crippen molar-refractivity contribution in [2.45, 2.75) is 72.1 Å². The molecule has 6 aromatic carbocycles. The van der Waals surface area contributed by atoms with Gasteiger partial charge in [-0.25, -0.2) is 14.5 Å². The van der Waals surface area contributed by atoms with Gasteiger partial charge in [0.25, 0.3) is 23.6 Å². The smallest absolute Gasteiger partial charge is 0.333 e. The average molecular weight is 1030 g/mol. The summed E-state index contributed by atoms with van der Waals surface area (Å²) in [5, 5.41) is 0. The molecular weight excluding hydrogens is 965 g/mol. The van der Waals surface area contributed by atoms with E-state index in [2.05, 4.69) is 40.9 Å². The zero-order valence-corrected chi connectivity index (χ0v) is 44.0. The van der Waals surface area contributed by atoms with Crippen LogP contribution in [0.1, 0.15) is 124 Å². The van der Waals surface area contributed by atoms with Gasteiger partial charge in [-0.3, -0.25) is 24.1 Å². The summed E-state index contributed by atoms with van der Waals surface area (Å²) in [4.78, 5) is 79.6. The molecule has 0 saturated carbocycles. The normalized spacial score (nSPS) is 13.1. The number of aryl methyl sites for hydroxylation is 1. The lowest BCUT2D eigenvalue weighted by Gasteiger charge is -2.29. The Balaban J connectivity index is 0.969. The molecule has 76 heavy (non-hydrogen) atoms. The molecular formula is C62H60N2O12. The highest BCUT2D eigenvalue weighted by Crippen LogP contribution is 2.43. The van der Waals surface area contributed by atoms with Gasteiger partial charge < -0.3 is 28.4 Å². The van der Waals surface area contributed by atoms with Gasteiger partial charge >= 0.3 is 11.9 Å². The third kappa shape index (κ3) is 11.2. The quantitative estimate of drug-likeness (QED) is 0.0290. The summed E-state index contributed by atoms with van der Waals surface area (Å²) in [6.07, 6.45) is 0.851. The summed E-state index contributed by atoms with van der Waals surface area (Å²) < 4.78 is 35.0. The molecule has 2 aliphatic rings. The number of amides is 4. The molecule has 2 heterocycles. The van der Waals surface area contributed by atoms with Crippen LogP contribution in [0, 0.1) is 6.92 Å². The molecule has 0 saturated heterocycles. The second-order valence-corrected chi connectivity index (χ2v) is 19.9. The van der Waals surface area contributed by atoms with E-state index in [0.29, 0.717) is 70.6 Å². The van der Waals surface area contributed by atoms with Crippen LogP contribution in [0.2, 0.25) is 0 Å². The number of esters is 2. The number of anilines is 1. The topological polar surface area (TPSA) is 164 Å². The lowest BCUT2D eigenvalue weighted by molar-refractivity contribution is -0.140. The van der Waals surface area contributed by atoms with Crippen LogP contribution in [0.3, 0.4) is 0 Å². The fourth-order valence-corrected chi connectivity index (χ4v) is 8.85. The zero-order valence-electron chi connectivity index (χ0n) is 44.0. The molecule has 0 aliphatic carbocycles.